The topological polar surface area (TPSA) is 50.4 Å². The maximum absolute atomic E-state index is 11.7. The zero-order valence-electron chi connectivity index (χ0n) is 13.4. The molecule has 2 aliphatic rings. The van der Waals surface area contributed by atoms with Crippen molar-refractivity contribution in [2.75, 3.05) is 13.1 Å². The van der Waals surface area contributed by atoms with Gasteiger partial charge in [-0.2, -0.15) is 0 Å². The Morgan fingerprint density at radius 3 is 2.50 bits per heavy atom. The molecular formula is C16H30N2O2. The first-order valence-electron chi connectivity index (χ1n) is 8.05. The third kappa shape index (κ3) is 4.97. The predicted molar refractivity (Wildman–Crippen MR) is 80.6 cm³/mol. The lowest BCUT2D eigenvalue weighted by Crippen LogP contribution is -2.41. The van der Waals surface area contributed by atoms with Gasteiger partial charge in [0.2, 0.25) is 0 Å². The van der Waals surface area contributed by atoms with Crippen LogP contribution in [-0.4, -0.2) is 30.8 Å². The highest BCUT2D eigenvalue weighted by Gasteiger charge is 2.34. The molecule has 20 heavy (non-hydrogen) atoms. The number of ether oxygens (including phenoxy) is 1. The van der Waals surface area contributed by atoms with Crippen molar-refractivity contribution < 1.29 is 9.53 Å². The molecule has 0 heterocycles. The van der Waals surface area contributed by atoms with Crippen LogP contribution < -0.4 is 10.6 Å². The van der Waals surface area contributed by atoms with Crippen molar-refractivity contribution in [3.8, 4) is 0 Å². The molecule has 4 heteroatoms. The Morgan fingerprint density at radius 1 is 1.20 bits per heavy atom. The first-order chi connectivity index (χ1) is 9.35. The van der Waals surface area contributed by atoms with Gasteiger partial charge in [0.1, 0.15) is 5.60 Å². The summed E-state index contributed by atoms with van der Waals surface area (Å²) in [7, 11) is 0. The largest absolute Gasteiger partial charge is 0.444 e. The Kier molecular flexibility index (Phi) is 4.95. The molecule has 0 aromatic heterocycles. The summed E-state index contributed by atoms with van der Waals surface area (Å²) in [5, 5.41) is 6.63. The van der Waals surface area contributed by atoms with Gasteiger partial charge >= 0.3 is 6.09 Å². The molecule has 2 aliphatic carbocycles. The van der Waals surface area contributed by atoms with E-state index < -0.39 is 5.60 Å². The van der Waals surface area contributed by atoms with E-state index in [4.69, 9.17) is 4.74 Å². The third-order valence-electron chi connectivity index (χ3n) is 4.48. The van der Waals surface area contributed by atoms with Gasteiger partial charge < -0.3 is 15.4 Å². The molecular weight excluding hydrogens is 252 g/mol. The fraction of sp³-hybridized carbons (Fsp3) is 0.938. The zero-order valence-corrected chi connectivity index (χ0v) is 13.4. The molecule has 0 aromatic rings. The Morgan fingerprint density at radius 2 is 1.90 bits per heavy atom. The van der Waals surface area contributed by atoms with Crippen molar-refractivity contribution >= 4 is 6.09 Å². The summed E-state index contributed by atoms with van der Waals surface area (Å²) in [5.74, 6) is 2.34. The molecule has 116 valence electrons. The SMILES string of the molecule is CC1CC1CNC1CCCC1CNC(=O)OC(C)(C)C. The van der Waals surface area contributed by atoms with Crippen LogP contribution in [0.5, 0.6) is 0 Å². The molecule has 2 rings (SSSR count). The smallest absolute Gasteiger partial charge is 0.407 e. The minimum absolute atomic E-state index is 0.293. The summed E-state index contributed by atoms with van der Waals surface area (Å²) in [6.45, 7) is 9.88. The van der Waals surface area contributed by atoms with E-state index in [0.29, 0.717) is 12.0 Å². The first-order valence-corrected chi connectivity index (χ1v) is 8.05. The first kappa shape index (κ1) is 15.6. The number of amides is 1. The highest BCUT2D eigenvalue weighted by Crippen LogP contribution is 2.37. The summed E-state index contributed by atoms with van der Waals surface area (Å²) < 4.78 is 5.28. The highest BCUT2D eigenvalue weighted by atomic mass is 16.6. The van der Waals surface area contributed by atoms with E-state index in [1.54, 1.807) is 0 Å². The summed E-state index contributed by atoms with van der Waals surface area (Å²) in [4.78, 5) is 11.7. The molecule has 2 saturated carbocycles. The van der Waals surface area contributed by atoms with Crippen molar-refractivity contribution in [2.45, 2.75) is 65.0 Å². The lowest BCUT2D eigenvalue weighted by atomic mass is 10.0. The average Bonchev–Trinajstić information content (AvgIpc) is 2.86. The minimum Gasteiger partial charge on any atom is -0.444 e. The van der Waals surface area contributed by atoms with Crippen molar-refractivity contribution in [1.82, 2.24) is 10.6 Å². The van der Waals surface area contributed by atoms with Crippen molar-refractivity contribution in [3.63, 3.8) is 0 Å². The standard InChI is InChI=1S/C16H30N2O2/c1-11-8-13(11)10-17-14-7-5-6-12(14)9-18-15(19)20-16(2,3)4/h11-14,17H,5-10H2,1-4H3,(H,18,19). The lowest BCUT2D eigenvalue weighted by molar-refractivity contribution is 0.0517. The van der Waals surface area contributed by atoms with Crippen LogP contribution in [0.4, 0.5) is 4.79 Å². The van der Waals surface area contributed by atoms with E-state index in [2.05, 4.69) is 17.6 Å². The lowest BCUT2D eigenvalue weighted by Gasteiger charge is -2.23. The fourth-order valence-electron chi connectivity index (χ4n) is 3.06. The number of hydrogen-bond donors (Lipinski definition) is 2. The molecule has 4 atom stereocenters. The van der Waals surface area contributed by atoms with Gasteiger partial charge in [-0.3, -0.25) is 0 Å². The van der Waals surface area contributed by atoms with Gasteiger partial charge in [-0.25, -0.2) is 4.79 Å². The molecule has 4 nitrogen and oxygen atoms in total. The molecule has 0 saturated heterocycles. The van der Waals surface area contributed by atoms with Crippen LogP contribution in [0.2, 0.25) is 0 Å². The number of hydrogen-bond acceptors (Lipinski definition) is 3. The normalized spacial score (nSPS) is 33.0. The monoisotopic (exact) mass is 282 g/mol. The Bertz CT molecular complexity index is 338. The quantitative estimate of drug-likeness (QED) is 0.815. The molecule has 2 N–H and O–H groups in total. The Hall–Kier alpha value is -0.770. The van der Waals surface area contributed by atoms with Crippen LogP contribution in [0.25, 0.3) is 0 Å². The molecule has 0 aliphatic heterocycles. The van der Waals surface area contributed by atoms with E-state index in [1.807, 2.05) is 20.8 Å². The van der Waals surface area contributed by atoms with Gasteiger partial charge in [-0.05, 0) is 64.3 Å². The Balaban J connectivity index is 1.67. The number of carbonyl (C=O) groups is 1. The summed E-state index contributed by atoms with van der Waals surface area (Å²) in [5.41, 5.74) is -0.417. The van der Waals surface area contributed by atoms with E-state index in [0.717, 1.165) is 24.9 Å². The number of nitrogens with one attached hydrogen (secondary N) is 2. The van der Waals surface area contributed by atoms with Crippen molar-refractivity contribution in [3.05, 3.63) is 0 Å². The predicted octanol–water partition coefficient (Wildman–Crippen LogP) is 2.93. The second-order valence-corrected chi connectivity index (χ2v) is 7.56. The summed E-state index contributed by atoms with van der Waals surface area (Å²) in [6.07, 6.45) is 4.79. The van der Waals surface area contributed by atoms with E-state index >= 15 is 0 Å². The van der Waals surface area contributed by atoms with Gasteiger partial charge in [0.25, 0.3) is 0 Å². The van der Waals surface area contributed by atoms with Gasteiger partial charge in [0.05, 0.1) is 0 Å². The molecule has 0 radical (unpaired) electrons. The fourth-order valence-corrected chi connectivity index (χ4v) is 3.06. The van der Waals surface area contributed by atoms with E-state index in [-0.39, 0.29) is 6.09 Å². The van der Waals surface area contributed by atoms with Crippen LogP contribution in [0.1, 0.15) is 53.4 Å². The molecule has 2 fully saturated rings. The van der Waals surface area contributed by atoms with Crippen LogP contribution >= 0.6 is 0 Å². The number of carbonyl (C=O) groups excluding carboxylic acids is 1. The van der Waals surface area contributed by atoms with Gasteiger partial charge in [0, 0.05) is 12.6 Å². The van der Waals surface area contributed by atoms with Crippen LogP contribution in [-0.2, 0) is 4.74 Å². The zero-order chi connectivity index (χ0) is 14.8. The van der Waals surface area contributed by atoms with Gasteiger partial charge in [-0.15, -0.1) is 0 Å². The number of alkyl carbamates (subject to hydrolysis) is 1. The van der Waals surface area contributed by atoms with Gasteiger partial charge in [-0.1, -0.05) is 13.3 Å². The van der Waals surface area contributed by atoms with Gasteiger partial charge in [0.15, 0.2) is 0 Å². The van der Waals surface area contributed by atoms with Crippen LogP contribution in [0.15, 0.2) is 0 Å². The molecule has 0 spiro atoms. The second-order valence-electron chi connectivity index (χ2n) is 7.56. The molecule has 0 aromatic carbocycles. The second kappa shape index (κ2) is 6.33. The van der Waals surface area contributed by atoms with Crippen LogP contribution in [0.3, 0.4) is 0 Å². The molecule has 1 amide bonds. The minimum atomic E-state index is -0.417. The molecule has 4 unspecified atom stereocenters. The maximum Gasteiger partial charge on any atom is 0.407 e. The summed E-state index contributed by atoms with van der Waals surface area (Å²) in [6, 6.07) is 0.567. The van der Waals surface area contributed by atoms with E-state index in [9.17, 15) is 4.79 Å². The number of rotatable bonds is 5. The van der Waals surface area contributed by atoms with E-state index in [1.165, 1.54) is 25.7 Å². The van der Waals surface area contributed by atoms with Crippen molar-refractivity contribution in [2.24, 2.45) is 17.8 Å². The van der Waals surface area contributed by atoms with Crippen molar-refractivity contribution in [1.29, 1.82) is 0 Å². The maximum atomic E-state index is 11.7. The molecule has 0 bridgehead atoms. The summed E-state index contributed by atoms with van der Waals surface area (Å²) >= 11 is 0. The van der Waals surface area contributed by atoms with Crippen LogP contribution in [0, 0.1) is 17.8 Å². The third-order valence-corrected chi connectivity index (χ3v) is 4.48. The highest BCUT2D eigenvalue weighted by molar-refractivity contribution is 5.67. The average molecular weight is 282 g/mol. The Labute approximate surface area is 123 Å².